The standard InChI is InChI=1S/C28H38N4O2/c1-18(2)15-16-31(27(34)30-28(6,7)8)21(5)25-29-23-12-10-9-11-22(23)26(33)32(25)24-17-19(3)13-14-20(24)4/h9-14,17-18,21H,15-16H2,1-8H3,(H,30,34). The van der Waals surface area contributed by atoms with E-state index in [4.69, 9.17) is 4.98 Å². The molecule has 0 spiro atoms. The summed E-state index contributed by atoms with van der Waals surface area (Å²) in [7, 11) is 0. The zero-order chi connectivity index (χ0) is 25.2. The molecular weight excluding hydrogens is 424 g/mol. The Morgan fingerprint density at radius 3 is 2.41 bits per heavy atom. The van der Waals surface area contributed by atoms with Gasteiger partial charge in [-0.3, -0.25) is 9.36 Å². The molecule has 1 unspecified atom stereocenters. The van der Waals surface area contributed by atoms with Gasteiger partial charge in [0.25, 0.3) is 5.56 Å². The second-order valence-electron chi connectivity index (χ2n) is 10.6. The smallest absolute Gasteiger partial charge is 0.318 e. The Bertz CT molecular complexity index is 1240. The Balaban J connectivity index is 2.25. The first-order chi connectivity index (χ1) is 15.9. The van der Waals surface area contributed by atoms with Gasteiger partial charge in [-0.1, -0.05) is 38.1 Å². The third kappa shape index (κ3) is 5.66. The highest BCUT2D eigenvalue weighted by Gasteiger charge is 2.29. The number of rotatable bonds is 6. The van der Waals surface area contributed by atoms with Crippen LogP contribution in [-0.4, -0.2) is 32.6 Å². The molecule has 182 valence electrons. The maximum atomic E-state index is 13.8. The monoisotopic (exact) mass is 462 g/mol. The van der Waals surface area contributed by atoms with E-state index in [0.717, 1.165) is 23.2 Å². The summed E-state index contributed by atoms with van der Waals surface area (Å²) in [5.74, 6) is 0.994. The molecule has 0 aliphatic rings. The molecule has 1 atom stereocenters. The third-order valence-corrected chi connectivity index (χ3v) is 5.94. The van der Waals surface area contributed by atoms with Gasteiger partial charge < -0.3 is 10.2 Å². The Labute approximate surface area is 203 Å². The van der Waals surface area contributed by atoms with Gasteiger partial charge in [0.05, 0.1) is 22.6 Å². The first kappa shape index (κ1) is 25.5. The molecule has 1 N–H and O–H groups in total. The number of hydrogen-bond acceptors (Lipinski definition) is 3. The predicted octanol–water partition coefficient (Wildman–Crippen LogP) is 5.92. The highest BCUT2D eigenvalue weighted by atomic mass is 16.2. The largest absolute Gasteiger partial charge is 0.333 e. The van der Waals surface area contributed by atoms with Crippen LogP contribution in [0.4, 0.5) is 4.79 Å². The number of hydrogen-bond donors (Lipinski definition) is 1. The van der Waals surface area contributed by atoms with Crippen molar-refractivity contribution in [3.8, 4) is 5.69 Å². The van der Waals surface area contributed by atoms with E-state index < -0.39 is 6.04 Å². The summed E-state index contributed by atoms with van der Waals surface area (Å²) in [6.07, 6.45) is 0.850. The van der Waals surface area contributed by atoms with Gasteiger partial charge in [-0.05, 0) is 83.2 Å². The van der Waals surface area contributed by atoms with Crippen LogP contribution >= 0.6 is 0 Å². The zero-order valence-corrected chi connectivity index (χ0v) is 21.8. The highest BCUT2D eigenvalue weighted by molar-refractivity contribution is 5.78. The Kier molecular flexibility index (Phi) is 7.49. The van der Waals surface area contributed by atoms with E-state index in [1.165, 1.54) is 0 Å². The van der Waals surface area contributed by atoms with E-state index in [0.29, 0.717) is 29.2 Å². The van der Waals surface area contributed by atoms with Crippen LogP contribution in [0.2, 0.25) is 0 Å². The van der Waals surface area contributed by atoms with Gasteiger partial charge in [-0.15, -0.1) is 0 Å². The summed E-state index contributed by atoms with van der Waals surface area (Å²) in [6, 6.07) is 12.9. The average molecular weight is 463 g/mol. The molecule has 34 heavy (non-hydrogen) atoms. The molecule has 0 aliphatic carbocycles. The van der Waals surface area contributed by atoms with Crippen molar-refractivity contribution >= 4 is 16.9 Å². The van der Waals surface area contributed by atoms with Crippen LogP contribution in [-0.2, 0) is 0 Å². The fraction of sp³-hybridized carbons (Fsp3) is 0.464. The number of para-hydroxylation sites is 1. The molecule has 0 radical (unpaired) electrons. The van der Waals surface area contributed by atoms with Gasteiger partial charge in [0.2, 0.25) is 0 Å². The third-order valence-electron chi connectivity index (χ3n) is 5.94. The Hall–Kier alpha value is -3.15. The van der Waals surface area contributed by atoms with E-state index in [1.807, 2.05) is 88.9 Å². The zero-order valence-electron chi connectivity index (χ0n) is 21.8. The molecule has 0 bridgehead atoms. The van der Waals surface area contributed by atoms with Crippen LogP contribution in [0.15, 0.2) is 47.3 Å². The van der Waals surface area contributed by atoms with Gasteiger partial charge >= 0.3 is 6.03 Å². The molecule has 0 saturated carbocycles. The maximum absolute atomic E-state index is 13.8. The van der Waals surface area contributed by atoms with Crippen molar-refractivity contribution in [3.05, 3.63) is 69.8 Å². The number of urea groups is 1. The predicted molar refractivity (Wildman–Crippen MR) is 140 cm³/mol. The Morgan fingerprint density at radius 2 is 1.76 bits per heavy atom. The van der Waals surface area contributed by atoms with Crippen LogP contribution in [0.25, 0.3) is 16.6 Å². The maximum Gasteiger partial charge on any atom is 0.318 e. The molecule has 3 aromatic rings. The lowest BCUT2D eigenvalue weighted by Gasteiger charge is -2.34. The minimum Gasteiger partial charge on any atom is -0.333 e. The molecule has 3 rings (SSSR count). The van der Waals surface area contributed by atoms with E-state index in [-0.39, 0.29) is 17.1 Å². The van der Waals surface area contributed by atoms with Crippen LogP contribution in [0.1, 0.15) is 71.0 Å². The van der Waals surface area contributed by atoms with Gasteiger partial charge in [0, 0.05) is 12.1 Å². The molecule has 6 nitrogen and oxygen atoms in total. The summed E-state index contributed by atoms with van der Waals surface area (Å²) < 4.78 is 1.70. The van der Waals surface area contributed by atoms with Crippen molar-refractivity contribution in [2.45, 2.75) is 73.4 Å². The second-order valence-corrected chi connectivity index (χ2v) is 10.6. The molecule has 2 amide bonds. The lowest BCUT2D eigenvalue weighted by atomic mass is 10.1. The normalized spacial score (nSPS) is 12.7. The number of carbonyl (C=O) groups is 1. The van der Waals surface area contributed by atoms with Crippen molar-refractivity contribution in [2.24, 2.45) is 5.92 Å². The van der Waals surface area contributed by atoms with Crippen LogP contribution in [0.5, 0.6) is 0 Å². The van der Waals surface area contributed by atoms with Crippen molar-refractivity contribution in [2.75, 3.05) is 6.54 Å². The molecule has 2 aromatic carbocycles. The number of aryl methyl sites for hydroxylation is 2. The first-order valence-electron chi connectivity index (χ1n) is 12.1. The van der Waals surface area contributed by atoms with E-state index >= 15 is 0 Å². The molecular formula is C28H38N4O2. The molecule has 1 heterocycles. The fourth-order valence-corrected chi connectivity index (χ4v) is 4.02. The number of nitrogens with one attached hydrogen (secondary N) is 1. The van der Waals surface area contributed by atoms with E-state index in [9.17, 15) is 9.59 Å². The van der Waals surface area contributed by atoms with Gasteiger partial charge in [0.1, 0.15) is 5.82 Å². The number of benzene rings is 2. The van der Waals surface area contributed by atoms with Crippen LogP contribution < -0.4 is 10.9 Å². The first-order valence-corrected chi connectivity index (χ1v) is 12.1. The van der Waals surface area contributed by atoms with Gasteiger partial charge in [0.15, 0.2) is 0 Å². The number of fused-ring (bicyclic) bond motifs is 1. The molecule has 6 heteroatoms. The summed E-state index contributed by atoms with van der Waals surface area (Å²) in [6.45, 7) is 16.7. The van der Waals surface area contributed by atoms with E-state index in [2.05, 4.69) is 19.2 Å². The molecule has 0 fully saturated rings. The Morgan fingerprint density at radius 1 is 1.09 bits per heavy atom. The summed E-state index contributed by atoms with van der Waals surface area (Å²) in [5.41, 5.74) is 2.96. The fourth-order valence-electron chi connectivity index (χ4n) is 4.02. The minimum absolute atomic E-state index is 0.124. The topological polar surface area (TPSA) is 67.2 Å². The summed E-state index contributed by atoms with van der Waals surface area (Å²) in [4.78, 5) is 34.0. The average Bonchev–Trinajstić information content (AvgIpc) is 2.74. The van der Waals surface area contributed by atoms with Crippen molar-refractivity contribution in [3.63, 3.8) is 0 Å². The molecule has 0 saturated heterocycles. The van der Waals surface area contributed by atoms with Gasteiger partial charge in [-0.25, -0.2) is 9.78 Å². The van der Waals surface area contributed by atoms with Crippen LogP contribution in [0, 0.1) is 19.8 Å². The summed E-state index contributed by atoms with van der Waals surface area (Å²) in [5, 5.41) is 3.66. The highest BCUT2D eigenvalue weighted by Crippen LogP contribution is 2.26. The van der Waals surface area contributed by atoms with Crippen molar-refractivity contribution in [1.82, 2.24) is 19.8 Å². The van der Waals surface area contributed by atoms with Crippen molar-refractivity contribution in [1.29, 1.82) is 0 Å². The number of carbonyl (C=O) groups excluding carboxylic acids is 1. The van der Waals surface area contributed by atoms with Crippen molar-refractivity contribution < 1.29 is 4.79 Å². The quantitative estimate of drug-likeness (QED) is 0.494. The SMILES string of the molecule is Cc1ccc(C)c(-n2c(C(C)N(CCC(C)C)C(=O)NC(C)(C)C)nc3ccccc3c2=O)c1. The lowest BCUT2D eigenvalue weighted by molar-refractivity contribution is 0.163. The minimum atomic E-state index is -0.418. The second kappa shape index (κ2) is 10.00. The number of nitrogens with zero attached hydrogens (tertiary/aromatic N) is 3. The molecule has 1 aromatic heterocycles. The number of aromatic nitrogens is 2. The summed E-state index contributed by atoms with van der Waals surface area (Å²) >= 11 is 0. The van der Waals surface area contributed by atoms with E-state index in [1.54, 1.807) is 4.57 Å². The number of amides is 2. The van der Waals surface area contributed by atoms with Crippen LogP contribution in [0.3, 0.4) is 0 Å². The lowest BCUT2D eigenvalue weighted by Crippen LogP contribution is -2.50. The van der Waals surface area contributed by atoms with Gasteiger partial charge in [-0.2, -0.15) is 0 Å². The molecule has 0 aliphatic heterocycles.